The van der Waals surface area contributed by atoms with Crippen molar-refractivity contribution in [1.82, 2.24) is 24.9 Å². The fourth-order valence-corrected chi connectivity index (χ4v) is 4.71. The maximum absolute atomic E-state index is 11.9. The summed E-state index contributed by atoms with van der Waals surface area (Å²) >= 11 is 1.41. The number of rotatable bonds is 8. The van der Waals surface area contributed by atoms with E-state index in [2.05, 4.69) is 44.5 Å². The standard InChI is InChI=1S/C22H24N6OS/c1-16-20(21(23)29)30-22(27(16)14-18-10-6-12-24-13-18)28-15-19(25-26-28)11-5-9-17-7-3-2-4-8-17/h2-4,6-8,10,12-13,15,22H,5,9,11,14H2,1H3,(H2,23,29). The Morgan fingerprint density at radius 2 is 1.93 bits per heavy atom. The second-order valence-electron chi connectivity index (χ2n) is 7.24. The van der Waals surface area contributed by atoms with Crippen molar-refractivity contribution in [2.45, 2.75) is 38.2 Å². The minimum Gasteiger partial charge on any atom is -0.365 e. The van der Waals surface area contributed by atoms with E-state index in [1.54, 1.807) is 6.20 Å². The number of benzene rings is 1. The monoisotopic (exact) mass is 420 g/mol. The SMILES string of the molecule is CC1=C(C(N)=O)SC(n2cc(CCCc3ccccc3)nn2)N1Cc1cccnc1. The lowest BCUT2D eigenvalue weighted by molar-refractivity contribution is -0.114. The van der Waals surface area contributed by atoms with Crippen LogP contribution in [0, 0.1) is 0 Å². The van der Waals surface area contributed by atoms with Crippen LogP contribution in [0.25, 0.3) is 0 Å². The largest absolute Gasteiger partial charge is 0.365 e. The molecule has 2 N–H and O–H groups in total. The maximum Gasteiger partial charge on any atom is 0.257 e. The number of pyridine rings is 1. The smallest absolute Gasteiger partial charge is 0.257 e. The van der Waals surface area contributed by atoms with Crippen LogP contribution in [0.2, 0.25) is 0 Å². The molecule has 1 aliphatic heterocycles. The molecular formula is C22H24N6OS. The van der Waals surface area contributed by atoms with Crippen LogP contribution in [0.15, 0.2) is 71.7 Å². The van der Waals surface area contributed by atoms with Crippen LogP contribution in [-0.2, 0) is 24.2 Å². The minimum atomic E-state index is -0.417. The van der Waals surface area contributed by atoms with Gasteiger partial charge >= 0.3 is 0 Å². The van der Waals surface area contributed by atoms with Gasteiger partial charge in [-0.3, -0.25) is 9.78 Å². The van der Waals surface area contributed by atoms with Gasteiger partial charge in [0.25, 0.3) is 5.91 Å². The summed E-state index contributed by atoms with van der Waals surface area (Å²) in [5, 5.41) is 8.71. The lowest BCUT2D eigenvalue weighted by Gasteiger charge is -2.27. The first-order valence-electron chi connectivity index (χ1n) is 9.89. The molecule has 2 aromatic heterocycles. The highest BCUT2D eigenvalue weighted by Crippen LogP contribution is 2.44. The van der Waals surface area contributed by atoms with Gasteiger partial charge in [-0.1, -0.05) is 53.4 Å². The number of nitrogens with zero attached hydrogens (tertiary/aromatic N) is 5. The molecule has 1 aliphatic rings. The number of amides is 1. The van der Waals surface area contributed by atoms with Crippen LogP contribution >= 0.6 is 11.8 Å². The summed E-state index contributed by atoms with van der Waals surface area (Å²) in [6.45, 7) is 2.53. The Labute approximate surface area is 180 Å². The molecule has 0 spiro atoms. The van der Waals surface area contributed by atoms with E-state index < -0.39 is 5.91 Å². The lowest BCUT2D eigenvalue weighted by atomic mass is 10.1. The van der Waals surface area contributed by atoms with Crippen LogP contribution in [-0.4, -0.2) is 30.8 Å². The topological polar surface area (TPSA) is 89.9 Å². The van der Waals surface area contributed by atoms with E-state index in [-0.39, 0.29) is 5.50 Å². The van der Waals surface area contributed by atoms with E-state index in [1.165, 1.54) is 17.3 Å². The number of allylic oxidation sites excluding steroid dienone is 1. The zero-order chi connectivity index (χ0) is 20.9. The molecule has 0 bridgehead atoms. The third kappa shape index (κ3) is 4.54. The van der Waals surface area contributed by atoms with Crippen molar-refractivity contribution >= 4 is 17.7 Å². The molecule has 4 rings (SSSR count). The number of aromatic nitrogens is 4. The molecule has 0 radical (unpaired) electrons. The van der Waals surface area contributed by atoms with Crippen LogP contribution in [0.1, 0.15) is 35.7 Å². The minimum absolute atomic E-state index is 0.205. The molecule has 30 heavy (non-hydrogen) atoms. The van der Waals surface area contributed by atoms with Gasteiger partial charge in [0.05, 0.1) is 16.8 Å². The summed E-state index contributed by atoms with van der Waals surface area (Å²) in [6.07, 6.45) is 8.40. The summed E-state index contributed by atoms with van der Waals surface area (Å²) < 4.78 is 1.82. The van der Waals surface area contributed by atoms with Crippen LogP contribution in [0.4, 0.5) is 0 Å². The number of primary amides is 1. The van der Waals surface area contributed by atoms with E-state index in [0.717, 1.165) is 36.2 Å². The molecule has 1 atom stereocenters. The van der Waals surface area contributed by atoms with Crippen molar-refractivity contribution in [3.8, 4) is 0 Å². The number of hydrogen-bond donors (Lipinski definition) is 1. The second-order valence-corrected chi connectivity index (χ2v) is 8.31. The van der Waals surface area contributed by atoms with E-state index in [4.69, 9.17) is 5.73 Å². The van der Waals surface area contributed by atoms with Crippen molar-refractivity contribution in [2.75, 3.05) is 0 Å². The van der Waals surface area contributed by atoms with Crippen LogP contribution < -0.4 is 5.73 Å². The predicted octanol–water partition coefficient (Wildman–Crippen LogP) is 3.27. The Hall–Kier alpha value is -3.13. The first-order chi connectivity index (χ1) is 14.6. The van der Waals surface area contributed by atoms with Gasteiger partial charge in [0.1, 0.15) is 0 Å². The van der Waals surface area contributed by atoms with E-state index >= 15 is 0 Å². The molecule has 1 aromatic carbocycles. The first-order valence-corrected chi connectivity index (χ1v) is 10.8. The van der Waals surface area contributed by atoms with Gasteiger partial charge in [-0.05, 0) is 43.4 Å². The zero-order valence-electron chi connectivity index (χ0n) is 16.8. The molecule has 1 unspecified atom stereocenters. The fraction of sp³-hybridized carbons (Fsp3) is 0.273. The number of carbonyl (C=O) groups excluding carboxylic acids is 1. The van der Waals surface area contributed by atoms with Gasteiger partial charge in [-0.2, -0.15) is 0 Å². The third-order valence-corrected chi connectivity index (χ3v) is 6.49. The average molecular weight is 421 g/mol. The maximum atomic E-state index is 11.9. The van der Waals surface area contributed by atoms with Gasteiger partial charge in [0, 0.05) is 24.6 Å². The molecule has 0 saturated carbocycles. The number of hydrogen-bond acceptors (Lipinski definition) is 6. The van der Waals surface area contributed by atoms with Crippen LogP contribution in [0.5, 0.6) is 0 Å². The molecule has 7 nitrogen and oxygen atoms in total. The summed E-state index contributed by atoms with van der Waals surface area (Å²) in [7, 11) is 0. The van der Waals surface area contributed by atoms with Gasteiger partial charge in [0.15, 0.2) is 5.50 Å². The molecule has 3 heterocycles. The van der Waals surface area contributed by atoms with Gasteiger partial charge in [0.2, 0.25) is 0 Å². The molecule has 1 amide bonds. The van der Waals surface area contributed by atoms with E-state index in [9.17, 15) is 4.79 Å². The number of nitrogens with two attached hydrogens (primary N) is 1. The summed E-state index contributed by atoms with van der Waals surface area (Å²) in [4.78, 5) is 18.8. The van der Waals surface area contributed by atoms with Crippen molar-refractivity contribution in [2.24, 2.45) is 5.73 Å². The second kappa shape index (κ2) is 9.13. The normalized spacial score (nSPS) is 16.3. The Bertz CT molecular complexity index is 1030. The number of thioether (sulfide) groups is 1. The molecule has 0 saturated heterocycles. The summed E-state index contributed by atoms with van der Waals surface area (Å²) in [5.41, 5.74) is 9.57. The Morgan fingerprint density at radius 3 is 2.67 bits per heavy atom. The van der Waals surface area contributed by atoms with Crippen molar-refractivity contribution in [3.63, 3.8) is 0 Å². The molecule has 3 aromatic rings. The third-order valence-electron chi connectivity index (χ3n) is 5.07. The quantitative estimate of drug-likeness (QED) is 0.602. The van der Waals surface area contributed by atoms with E-state index in [1.807, 2.05) is 42.2 Å². The summed E-state index contributed by atoms with van der Waals surface area (Å²) in [6, 6.07) is 14.4. The number of carbonyl (C=O) groups is 1. The van der Waals surface area contributed by atoms with E-state index in [0.29, 0.717) is 11.4 Å². The molecule has 0 aliphatic carbocycles. The average Bonchev–Trinajstić information content (AvgIpc) is 3.35. The summed E-state index contributed by atoms with van der Waals surface area (Å²) in [5.74, 6) is -0.417. The van der Waals surface area contributed by atoms with Gasteiger partial charge in [-0.25, -0.2) is 4.68 Å². The molecular weight excluding hydrogens is 396 g/mol. The molecule has 154 valence electrons. The Morgan fingerprint density at radius 1 is 1.13 bits per heavy atom. The number of aryl methyl sites for hydroxylation is 2. The molecule has 0 fully saturated rings. The highest BCUT2D eigenvalue weighted by molar-refractivity contribution is 8.04. The van der Waals surface area contributed by atoms with Crippen molar-refractivity contribution in [1.29, 1.82) is 0 Å². The van der Waals surface area contributed by atoms with Crippen molar-refractivity contribution < 1.29 is 4.79 Å². The zero-order valence-corrected chi connectivity index (χ0v) is 17.6. The first kappa shape index (κ1) is 20.2. The molecule has 8 heteroatoms. The highest BCUT2D eigenvalue weighted by atomic mass is 32.2. The highest BCUT2D eigenvalue weighted by Gasteiger charge is 2.34. The van der Waals surface area contributed by atoms with Crippen molar-refractivity contribution in [3.05, 3.63) is 88.5 Å². The van der Waals surface area contributed by atoms with Gasteiger partial charge < -0.3 is 10.6 Å². The van der Waals surface area contributed by atoms with Gasteiger partial charge in [-0.15, -0.1) is 5.10 Å². The predicted molar refractivity (Wildman–Crippen MR) is 117 cm³/mol. The van der Waals surface area contributed by atoms with Crippen LogP contribution in [0.3, 0.4) is 0 Å². The fourth-order valence-electron chi connectivity index (χ4n) is 3.52. The Balaban J connectivity index is 1.47. The Kier molecular flexibility index (Phi) is 6.13. The lowest BCUT2D eigenvalue weighted by Crippen LogP contribution is -2.26.